The molecule has 1 saturated heterocycles. The maximum Gasteiger partial charge on any atom is 0.0541 e. The normalized spacial score (nSPS) is 39.2. The molecule has 1 heterocycles. The Kier molecular flexibility index (Phi) is 4.00. The Morgan fingerprint density at radius 3 is 2.47 bits per heavy atom. The van der Waals surface area contributed by atoms with Crippen molar-refractivity contribution in [2.45, 2.75) is 56.7 Å². The Bertz CT molecular complexity index is 190. The van der Waals surface area contributed by atoms with Crippen LogP contribution in [0.4, 0.5) is 0 Å². The third-order valence-corrected chi connectivity index (χ3v) is 3.79. The largest absolute Gasteiger partial charge is 0.393 e. The molecule has 0 aromatic heterocycles. The highest BCUT2D eigenvalue weighted by molar-refractivity contribution is 4.83. The molecule has 0 aromatic rings. The van der Waals surface area contributed by atoms with Gasteiger partial charge in [-0.2, -0.15) is 0 Å². The highest BCUT2D eigenvalue weighted by Gasteiger charge is 2.23. The first kappa shape index (κ1) is 11.4. The second-order valence-corrected chi connectivity index (χ2v) is 5.27. The maximum absolute atomic E-state index is 9.44. The summed E-state index contributed by atoms with van der Waals surface area (Å²) in [6, 6.07) is 1.34. The van der Waals surface area contributed by atoms with Crippen LogP contribution >= 0.6 is 0 Å². The second-order valence-electron chi connectivity index (χ2n) is 5.27. The Hall–Kier alpha value is -0.120. The number of hydrogen-bond donors (Lipinski definition) is 2. The van der Waals surface area contributed by atoms with E-state index >= 15 is 0 Å². The van der Waals surface area contributed by atoms with E-state index in [9.17, 15) is 5.11 Å². The molecule has 3 heteroatoms. The molecule has 1 atom stereocenters. The lowest BCUT2D eigenvalue weighted by atomic mass is 9.92. The molecular weight excluding hydrogens is 188 g/mol. The van der Waals surface area contributed by atoms with E-state index < -0.39 is 0 Å². The van der Waals surface area contributed by atoms with Gasteiger partial charge in [0.1, 0.15) is 0 Å². The Balaban J connectivity index is 1.71. The molecule has 3 nitrogen and oxygen atoms in total. The fourth-order valence-electron chi connectivity index (χ4n) is 2.88. The lowest BCUT2D eigenvalue weighted by Gasteiger charge is -2.35. The fourth-order valence-corrected chi connectivity index (χ4v) is 2.88. The van der Waals surface area contributed by atoms with Crippen molar-refractivity contribution in [3.63, 3.8) is 0 Å². The van der Waals surface area contributed by atoms with Crippen LogP contribution < -0.4 is 5.32 Å². The molecule has 0 radical (unpaired) electrons. The molecule has 88 valence electrons. The zero-order chi connectivity index (χ0) is 10.7. The zero-order valence-corrected chi connectivity index (χ0v) is 9.78. The molecular formula is C12H24N2O. The zero-order valence-electron chi connectivity index (χ0n) is 9.78. The summed E-state index contributed by atoms with van der Waals surface area (Å²) >= 11 is 0. The first-order chi connectivity index (χ1) is 7.24. The minimum absolute atomic E-state index is 0.0305. The maximum atomic E-state index is 9.44. The van der Waals surface area contributed by atoms with Crippen LogP contribution in [0.25, 0.3) is 0 Å². The van der Waals surface area contributed by atoms with Gasteiger partial charge >= 0.3 is 0 Å². The minimum Gasteiger partial charge on any atom is -0.393 e. The lowest BCUT2D eigenvalue weighted by molar-refractivity contribution is 0.109. The topological polar surface area (TPSA) is 35.5 Å². The second kappa shape index (κ2) is 5.28. The smallest absolute Gasteiger partial charge is 0.0541 e. The van der Waals surface area contributed by atoms with E-state index in [1.165, 1.54) is 25.9 Å². The number of nitrogens with one attached hydrogen (secondary N) is 1. The van der Waals surface area contributed by atoms with Gasteiger partial charge in [-0.15, -0.1) is 0 Å². The molecule has 1 aliphatic heterocycles. The molecule has 2 fully saturated rings. The van der Waals surface area contributed by atoms with Gasteiger partial charge in [0.2, 0.25) is 0 Å². The number of aliphatic hydroxyl groups excluding tert-OH is 1. The van der Waals surface area contributed by atoms with Crippen LogP contribution in [-0.2, 0) is 0 Å². The molecule has 2 aliphatic rings. The molecule has 15 heavy (non-hydrogen) atoms. The predicted molar refractivity (Wildman–Crippen MR) is 61.9 cm³/mol. The van der Waals surface area contributed by atoms with Crippen LogP contribution in [0.3, 0.4) is 0 Å². The van der Waals surface area contributed by atoms with Gasteiger partial charge in [0, 0.05) is 18.6 Å². The van der Waals surface area contributed by atoms with Crippen LogP contribution in [0.15, 0.2) is 0 Å². The molecule has 1 aliphatic carbocycles. The van der Waals surface area contributed by atoms with Gasteiger partial charge < -0.3 is 15.3 Å². The van der Waals surface area contributed by atoms with Crippen molar-refractivity contribution in [3.8, 4) is 0 Å². The summed E-state index contributed by atoms with van der Waals surface area (Å²) in [4.78, 5) is 2.42. The fraction of sp³-hybridized carbons (Fsp3) is 1.00. The summed E-state index contributed by atoms with van der Waals surface area (Å²) in [5, 5.41) is 13.2. The third-order valence-electron chi connectivity index (χ3n) is 3.79. The highest BCUT2D eigenvalue weighted by atomic mass is 16.3. The van der Waals surface area contributed by atoms with Crippen LogP contribution in [0.2, 0.25) is 0 Å². The minimum atomic E-state index is -0.0305. The molecule has 0 bridgehead atoms. The number of piperidine rings is 1. The molecule has 1 unspecified atom stereocenters. The van der Waals surface area contributed by atoms with Crippen molar-refractivity contribution in [3.05, 3.63) is 0 Å². The van der Waals surface area contributed by atoms with Gasteiger partial charge in [-0.25, -0.2) is 0 Å². The van der Waals surface area contributed by atoms with Crippen LogP contribution in [-0.4, -0.2) is 48.3 Å². The quantitative estimate of drug-likeness (QED) is 0.716. The lowest BCUT2D eigenvalue weighted by Crippen LogP contribution is -2.49. The number of likely N-dealkylation sites (tertiary alicyclic amines) is 1. The Morgan fingerprint density at radius 2 is 1.80 bits per heavy atom. The summed E-state index contributed by atoms with van der Waals surface area (Å²) in [5.41, 5.74) is 0. The molecule has 0 amide bonds. The number of rotatable bonds is 2. The third kappa shape index (κ3) is 3.44. The van der Waals surface area contributed by atoms with Crippen molar-refractivity contribution in [2.24, 2.45) is 0 Å². The Morgan fingerprint density at radius 1 is 1.07 bits per heavy atom. The SMILES string of the molecule is CN1CCCC(NC2CCC(O)CC2)C1. The van der Waals surface area contributed by atoms with Gasteiger partial charge in [-0.1, -0.05) is 0 Å². The first-order valence-electron chi connectivity index (χ1n) is 6.36. The first-order valence-corrected chi connectivity index (χ1v) is 6.36. The summed E-state index contributed by atoms with van der Waals surface area (Å²) in [6.07, 6.45) is 6.90. The Labute approximate surface area is 92.8 Å². The van der Waals surface area contributed by atoms with Gasteiger partial charge in [0.15, 0.2) is 0 Å². The van der Waals surface area contributed by atoms with Crippen molar-refractivity contribution < 1.29 is 5.11 Å². The summed E-state index contributed by atoms with van der Waals surface area (Å²) < 4.78 is 0. The summed E-state index contributed by atoms with van der Waals surface area (Å²) in [6.45, 7) is 2.45. The van der Waals surface area contributed by atoms with Crippen molar-refractivity contribution in [2.75, 3.05) is 20.1 Å². The van der Waals surface area contributed by atoms with Crippen LogP contribution in [0, 0.1) is 0 Å². The van der Waals surface area contributed by atoms with Gasteiger partial charge in [-0.3, -0.25) is 0 Å². The van der Waals surface area contributed by atoms with E-state index in [-0.39, 0.29) is 6.10 Å². The van der Waals surface area contributed by atoms with Crippen molar-refractivity contribution in [1.82, 2.24) is 10.2 Å². The van der Waals surface area contributed by atoms with Gasteiger partial charge in [0.25, 0.3) is 0 Å². The van der Waals surface area contributed by atoms with Crippen molar-refractivity contribution >= 4 is 0 Å². The number of nitrogens with zero attached hydrogens (tertiary/aromatic N) is 1. The average Bonchev–Trinajstić information content (AvgIpc) is 2.22. The van der Waals surface area contributed by atoms with Gasteiger partial charge in [-0.05, 0) is 52.1 Å². The number of aliphatic hydroxyl groups is 1. The standard InChI is InChI=1S/C12H24N2O/c1-14-8-2-3-11(9-14)13-10-4-6-12(15)7-5-10/h10-13,15H,2-9H2,1H3. The van der Waals surface area contributed by atoms with Gasteiger partial charge in [0.05, 0.1) is 6.10 Å². The van der Waals surface area contributed by atoms with Crippen LogP contribution in [0.5, 0.6) is 0 Å². The van der Waals surface area contributed by atoms with E-state index in [2.05, 4.69) is 17.3 Å². The molecule has 2 rings (SSSR count). The van der Waals surface area contributed by atoms with Crippen molar-refractivity contribution in [1.29, 1.82) is 0 Å². The number of likely N-dealkylation sites (N-methyl/N-ethyl adjacent to an activating group) is 1. The highest BCUT2D eigenvalue weighted by Crippen LogP contribution is 2.20. The van der Waals surface area contributed by atoms with Crippen LogP contribution in [0.1, 0.15) is 38.5 Å². The molecule has 0 aromatic carbocycles. The summed E-state index contributed by atoms with van der Waals surface area (Å²) in [5.74, 6) is 0. The molecule has 0 spiro atoms. The van der Waals surface area contributed by atoms with E-state index in [4.69, 9.17) is 0 Å². The summed E-state index contributed by atoms with van der Waals surface area (Å²) in [7, 11) is 2.21. The average molecular weight is 212 g/mol. The molecule has 2 N–H and O–H groups in total. The van der Waals surface area contributed by atoms with E-state index in [0.717, 1.165) is 25.7 Å². The monoisotopic (exact) mass is 212 g/mol. The molecule has 1 saturated carbocycles. The van der Waals surface area contributed by atoms with E-state index in [0.29, 0.717) is 12.1 Å². The number of hydrogen-bond acceptors (Lipinski definition) is 3. The van der Waals surface area contributed by atoms with E-state index in [1.807, 2.05) is 0 Å². The predicted octanol–water partition coefficient (Wildman–Crippen LogP) is 0.974. The van der Waals surface area contributed by atoms with E-state index in [1.54, 1.807) is 0 Å².